The molecule has 6 heteroatoms. The zero-order chi connectivity index (χ0) is 12.6. The quantitative estimate of drug-likeness (QED) is 0.539. The summed E-state index contributed by atoms with van der Waals surface area (Å²) in [7, 11) is 0. The largest absolute Gasteiger partial charge is 0.394 e. The van der Waals surface area contributed by atoms with Crippen LogP contribution in [-0.2, 0) is 14.3 Å². The normalized spacial score (nSPS) is 37.9. The fourth-order valence-corrected chi connectivity index (χ4v) is 2.43. The zero-order valence-electron chi connectivity index (χ0n) is 9.35. The van der Waals surface area contributed by atoms with Gasteiger partial charge in [-0.05, 0) is 13.3 Å². The Morgan fingerprint density at radius 2 is 2.29 bits per heavy atom. The topological polar surface area (TPSA) is 75.6 Å². The van der Waals surface area contributed by atoms with Crippen molar-refractivity contribution in [3.05, 3.63) is 11.6 Å². The number of hydrogen-bond acceptors (Lipinski definition) is 4. The van der Waals surface area contributed by atoms with Crippen LogP contribution in [0.25, 0.3) is 0 Å². The number of carbonyl (C=O) groups is 2. The molecule has 0 saturated carbocycles. The van der Waals surface area contributed by atoms with Crippen molar-refractivity contribution in [2.24, 2.45) is 5.92 Å². The van der Waals surface area contributed by atoms with Crippen LogP contribution in [-0.4, -0.2) is 41.1 Å². The molecule has 0 bridgehead atoms. The SMILES string of the molecule is CC1=CC([C@H]2C[C@@H](Cl)[C@@H](CO)O2)C(=O)NC1=O. The third kappa shape index (κ3) is 2.36. The Bertz CT molecular complexity index is 382. The molecular formula is C11H14ClNO4. The molecule has 94 valence electrons. The Labute approximate surface area is 104 Å². The van der Waals surface area contributed by atoms with Crippen LogP contribution >= 0.6 is 11.6 Å². The number of carbonyl (C=O) groups excluding carboxylic acids is 2. The van der Waals surface area contributed by atoms with Crippen molar-refractivity contribution in [2.45, 2.75) is 30.9 Å². The first-order valence-electron chi connectivity index (χ1n) is 5.47. The number of aliphatic hydroxyl groups is 1. The summed E-state index contributed by atoms with van der Waals surface area (Å²) in [5, 5.41) is 11.0. The van der Waals surface area contributed by atoms with Crippen LogP contribution in [0.2, 0.25) is 0 Å². The second-order valence-electron chi connectivity index (χ2n) is 4.34. The molecule has 2 aliphatic heterocycles. The fraction of sp³-hybridized carbons (Fsp3) is 0.636. The lowest BCUT2D eigenvalue weighted by molar-refractivity contribution is -0.134. The lowest BCUT2D eigenvalue weighted by Gasteiger charge is -2.23. The molecule has 0 radical (unpaired) electrons. The van der Waals surface area contributed by atoms with E-state index in [9.17, 15) is 9.59 Å². The first-order valence-corrected chi connectivity index (χ1v) is 5.90. The highest BCUT2D eigenvalue weighted by Crippen LogP contribution is 2.31. The molecule has 2 N–H and O–H groups in total. The van der Waals surface area contributed by atoms with Crippen LogP contribution in [0.15, 0.2) is 11.6 Å². The van der Waals surface area contributed by atoms with Crippen molar-refractivity contribution in [1.82, 2.24) is 5.32 Å². The van der Waals surface area contributed by atoms with Crippen molar-refractivity contribution in [3.8, 4) is 0 Å². The van der Waals surface area contributed by atoms with Gasteiger partial charge in [-0.1, -0.05) is 6.08 Å². The van der Waals surface area contributed by atoms with E-state index < -0.39 is 12.0 Å². The number of imide groups is 1. The minimum Gasteiger partial charge on any atom is -0.394 e. The second-order valence-corrected chi connectivity index (χ2v) is 4.90. The van der Waals surface area contributed by atoms with Gasteiger partial charge in [-0.3, -0.25) is 14.9 Å². The van der Waals surface area contributed by atoms with Gasteiger partial charge in [0.1, 0.15) is 0 Å². The smallest absolute Gasteiger partial charge is 0.253 e. The highest BCUT2D eigenvalue weighted by Gasteiger charge is 2.41. The Morgan fingerprint density at radius 1 is 1.59 bits per heavy atom. The van der Waals surface area contributed by atoms with Crippen molar-refractivity contribution in [3.63, 3.8) is 0 Å². The van der Waals surface area contributed by atoms with Crippen molar-refractivity contribution in [2.75, 3.05) is 6.61 Å². The molecular weight excluding hydrogens is 246 g/mol. The Hall–Kier alpha value is -0.910. The van der Waals surface area contributed by atoms with Crippen molar-refractivity contribution in [1.29, 1.82) is 0 Å². The molecule has 2 rings (SSSR count). The minimum absolute atomic E-state index is 0.166. The zero-order valence-corrected chi connectivity index (χ0v) is 10.1. The van der Waals surface area contributed by atoms with Gasteiger partial charge in [0.05, 0.1) is 30.1 Å². The highest BCUT2D eigenvalue weighted by atomic mass is 35.5. The summed E-state index contributed by atoms with van der Waals surface area (Å²) in [6.45, 7) is 1.48. The minimum atomic E-state index is -0.509. The van der Waals surface area contributed by atoms with Crippen LogP contribution in [0.5, 0.6) is 0 Å². The van der Waals surface area contributed by atoms with Crippen LogP contribution in [0.3, 0.4) is 0 Å². The summed E-state index contributed by atoms with van der Waals surface area (Å²) in [5.41, 5.74) is 0.497. The monoisotopic (exact) mass is 259 g/mol. The third-order valence-corrected chi connectivity index (χ3v) is 3.58. The number of halogens is 1. The average Bonchev–Trinajstić information content (AvgIpc) is 2.65. The van der Waals surface area contributed by atoms with Crippen LogP contribution < -0.4 is 5.32 Å². The maximum Gasteiger partial charge on any atom is 0.253 e. The fourth-order valence-electron chi connectivity index (χ4n) is 2.12. The van der Waals surface area contributed by atoms with E-state index in [-0.39, 0.29) is 29.9 Å². The number of aliphatic hydroxyl groups excluding tert-OH is 1. The predicted octanol–water partition coefficient (Wildman–Crippen LogP) is -0.0375. The van der Waals surface area contributed by atoms with Gasteiger partial charge < -0.3 is 9.84 Å². The molecule has 0 aromatic rings. The van der Waals surface area contributed by atoms with E-state index in [4.69, 9.17) is 21.4 Å². The summed E-state index contributed by atoms with van der Waals surface area (Å²) in [6, 6.07) is 0. The van der Waals surface area contributed by atoms with Crippen LogP contribution in [0.4, 0.5) is 0 Å². The second kappa shape index (κ2) is 4.76. The summed E-state index contributed by atoms with van der Waals surface area (Å²) >= 11 is 6.00. The standard InChI is InChI=1S/C11H14ClNO4/c1-5-2-6(11(16)13-10(5)15)8-3-7(12)9(4-14)17-8/h2,6-9,14H,3-4H2,1H3,(H,13,15,16)/t6?,7-,8-,9-/m1/s1. The molecule has 4 atom stereocenters. The molecule has 5 nitrogen and oxygen atoms in total. The van der Waals surface area contributed by atoms with Gasteiger partial charge in [0.2, 0.25) is 5.91 Å². The molecule has 17 heavy (non-hydrogen) atoms. The first kappa shape index (κ1) is 12.5. The number of alkyl halides is 1. The van der Waals surface area contributed by atoms with Crippen LogP contribution in [0, 0.1) is 5.92 Å². The number of ether oxygens (including phenoxy) is 1. The molecule has 2 heterocycles. The van der Waals surface area contributed by atoms with E-state index >= 15 is 0 Å². The highest BCUT2D eigenvalue weighted by molar-refractivity contribution is 6.21. The predicted molar refractivity (Wildman–Crippen MR) is 60.4 cm³/mol. The van der Waals surface area contributed by atoms with Gasteiger partial charge in [-0.25, -0.2) is 0 Å². The molecule has 0 aromatic heterocycles. The van der Waals surface area contributed by atoms with E-state index in [1.54, 1.807) is 13.0 Å². The Morgan fingerprint density at radius 3 is 2.88 bits per heavy atom. The Balaban J connectivity index is 2.13. The summed E-state index contributed by atoms with van der Waals surface area (Å²) in [4.78, 5) is 22.9. The molecule has 0 aliphatic carbocycles. The number of nitrogens with one attached hydrogen (secondary N) is 1. The van der Waals surface area contributed by atoms with E-state index in [1.807, 2.05) is 0 Å². The van der Waals surface area contributed by atoms with E-state index in [0.717, 1.165) is 0 Å². The summed E-state index contributed by atoms with van der Waals surface area (Å²) < 4.78 is 5.52. The molecule has 2 amide bonds. The van der Waals surface area contributed by atoms with Gasteiger partial charge in [0.25, 0.3) is 5.91 Å². The number of amides is 2. The Kier molecular flexibility index (Phi) is 3.51. The molecule has 0 aromatic carbocycles. The van der Waals surface area contributed by atoms with Crippen molar-refractivity contribution >= 4 is 23.4 Å². The number of rotatable bonds is 2. The van der Waals surface area contributed by atoms with Gasteiger partial charge in [0.15, 0.2) is 0 Å². The van der Waals surface area contributed by atoms with Gasteiger partial charge in [-0.15, -0.1) is 11.6 Å². The summed E-state index contributed by atoms with van der Waals surface area (Å²) in [6.07, 6.45) is 1.27. The average molecular weight is 260 g/mol. The van der Waals surface area contributed by atoms with Crippen molar-refractivity contribution < 1.29 is 19.4 Å². The molecule has 1 fully saturated rings. The van der Waals surface area contributed by atoms with Gasteiger partial charge >= 0.3 is 0 Å². The third-order valence-electron chi connectivity index (χ3n) is 3.12. The van der Waals surface area contributed by atoms with E-state index in [0.29, 0.717) is 12.0 Å². The van der Waals surface area contributed by atoms with Gasteiger partial charge in [-0.2, -0.15) is 0 Å². The molecule has 1 unspecified atom stereocenters. The molecule has 0 spiro atoms. The van der Waals surface area contributed by atoms with E-state index in [2.05, 4.69) is 5.32 Å². The molecule has 1 saturated heterocycles. The lowest BCUT2D eigenvalue weighted by atomic mass is 9.93. The first-order chi connectivity index (χ1) is 8.02. The lowest BCUT2D eigenvalue weighted by Crippen LogP contribution is -2.44. The summed E-state index contributed by atoms with van der Waals surface area (Å²) in [5.74, 6) is -1.25. The van der Waals surface area contributed by atoms with Gasteiger partial charge in [0, 0.05) is 5.57 Å². The molecule has 2 aliphatic rings. The van der Waals surface area contributed by atoms with E-state index in [1.165, 1.54) is 0 Å². The number of hydrogen-bond donors (Lipinski definition) is 2. The maximum atomic E-state index is 11.7. The maximum absolute atomic E-state index is 11.7. The van der Waals surface area contributed by atoms with Crippen LogP contribution in [0.1, 0.15) is 13.3 Å².